The molecule has 0 radical (unpaired) electrons. The van der Waals surface area contributed by atoms with Crippen molar-refractivity contribution in [3.05, 3.63) is 0 Å². The summed E-state index contributed by atoms with van der Waals surface area (Å²) in [6.07, 6.45) is 3.74. The summed E-state index contributed by atoms with van der Waals surface area (Å²) in [5.41, 5.74) is 1.73. The number of aliphatic hydroxyl groups is 1. The second-order valence-corrected chi connectivity index (χ2v) is 5.58. The molecule has 0 heterocycles. The quantitative estimate of drug-likeness (QED) is 0.725. The molecule has 0 spiro atoms. The molecule has 0 amide bonds. The van der Waals surface area contributed by atoms with E-state index in [1.165, 1.54) is 25.0 Å². The Morgan fingerprint density at radius 2 is 1.64 bits per heavy atom. The van der Waals surface area contributed by atoms with Gasteiger partial charge in [0.1, 0.15) is 0 Å². The molecule has 0 aromatic rings. The highest BCUT2D eigenvalue weighted by molar-refractivity contribution is 5.94. The zero-order chi connectivity index (χ0) is 10.8. The Kier molecular flexibility index (Phi) is 3.36. The van der Waals surface area contributed by atoms with Crippen LogP contribution in [0, 0.1) is 10.8 Å². The molecule has 82 valence electrons. The van der Waals surface area contributed by atoms with Gasteiger partial charge in [-0.05, 0) is 12.8 Å². The summed E-state index contributed by atoms with van der Waals surface area (Å²) < 4.78 is 0. The molecule has 1 fully saturated rings. The van der Waals surface area contributed by atoms with Crippen LogP contribution >= 0.6 is 0 Å². The normalized spacial score (nSPS) is 24.8. The first-order valence-corrected chi connectivity index (χ1v) is 5.56. The summed E-state index contributed by atoms with van der Waals surface area (Å²) in [4.78, 5) is 4.57. The highest BCUT2D eigenvalue weighted by atomic mass is 16.3. The highest BCUT2D eigenvalue weighted by Gasteiger charge is 2.39. The standard InChI is InChI=1S/C12H23NO/c1-11(2)6-5-7-12(3,4)10(11)13-8-9-14/h14H,5-9H2,1-4H3. The molecule has 0 aliphatic heterocycles. The van der Waals surface area contributed by atoms with Crippen molar-refractivity contribution in [3.8, 4) is 0 Å². The first-order chi connectivity index (χ1) is 6.40. The van der Waals surface area contributed by atoms with Gasteiger partial charge in [-0.1, -0.05) is 34.1 Å². The summed E-state index contributed by atoms with van der Waals surface area (Å²) >= 11 is 0. The first kappa shape index (κ1) is 11.7. The maximum Gasteiger partial charge on any atom is 0.0626 e. The van der Waals surface area contributed by atoms with Crippen molar-refractivity contribution in [1.82, 2.24) is 0 Å². The predicted molar refractivity (Wildman–Crippen MR) is 60.8 cm³/mol. The van der Waals surface area contributed by atoms with Gasteiger partial charge in [0.15, 0.2) is 0 Å². The number of hydrogen-bond donors (Lipinski definition) is 1. The number of aliphatic hydroxyl groups excluding tert-OH is 1. The van der Waals surface area contributed by atoms with E-state index >= 15 is 0 Å². The molecule has 0 bridgehead atoms. The lowest BCUT2D eigenvalue weighted by Gasteiger charge is -2.42. The van der Waals surface area contributed by atoms with Crippen LogP contribution in [-0.4, -0.2) is 24.0 Å². The fourth-order valence-electron chi connectivity index (χ4n) is 2.71. The Hall–Kier alpha value is -0.370. The molecule has 0 aromatic heterocycles. The third-order valence-corrected chi connectivity index (χ3v) is 3.26. The van der Waals surface area contributed by atoms with Crippen molar-refractivity contribution in [2.45, 2.75) is 47.0 Å². The smallest absolute Gasteiger partial charge is 0.0626 e. The molecule has 14 heavy (non-hydrogen) atoms. The molecule has 2 nitrogen and oxygen atoms in total. The first-order valence-electron chi connectivity index (χ1n) is 5.56. The van der Waals surface area contributed by atoms with E-state index in [9.17, 15) is 0 Å². The molecule has 1 saturated carbocycles. The largest absolute Gasteiger partial charge is 0.394 e. The lowest BCUT2D eigenvalue weighted by Crippen LogP contribution is -2.41. The minimum Gasteiger partial charge on any atom is -0.394 e. The van der Waals surface area contributed by atoms with Gasteiger partial charge in [-0.3, -0.25) is 4.99 Å². The van der Waals surface area contributed by atoms with Gasteiger partial charge < -0.3 is 5.11 Å². The van der Waals surface area contributed by atoms with E-state index in [4.69, 9.17) is 5.11 Å². The Morgan fingerprint density at radius 1 is 1.14 bits per heavy atom. The van der Waals surface area contributed by atoms with Crippen molar-refractivity contribution < 1.29 is 5.11 Å². The molecule has 1 aliphatic carbocycles. The molecule has 2 heteroatoms. The van der Waals surface area contributed by atoms with E-state index in [0.29, 0.717) is 6.54 Å². The van der Waals surface area contributed by atoms with Gasteiger partial charge in [-0.25, -0.2) is 0 Å². The van der Waals surface area contributed by atoms with Gasteiger partial charge in [0, 0.05) is 16.5 Å². The molecule has 1 N–H and O–H groups in total. The molecule has 1 rings (SSSR count). The van der Waals surface area contributed by atoms with E-state index < -0.39 is 0 Å². The van der Waals surface area contributed by atoms with E-state index in [0.717, 1.165) is 0 Å². The van der Waals surface area contributed by atoms with Crippen LogP contribution in [0.25, 0.3) is 0 Å². The summed E-state index contributed by atoms with van der Waals surface area (Å²) in [5, 5.41) is 8.83. The molecule has 0 atom stereocenters. The van der Waals surface area contributed by atoms with Crippen LogP contribution in [0.5, 0.6) is 0 Å². The third kappa shape index (κ3) is 2.35. The van der Waals surface area contributed by atoms with Gasteiger partial charge in [0.25, 0.3) is 0 Å². The fourth-order valence-corrected chi connectivity index (χ4v) is 2.71. The monoisotopic (exact) mass is 197 g/mol. The summed E-state index contributed by atoms with van der Waals surface area (Å²) in [6.45, 7) is 9.79. The van der Waals surface area contributed by atoms with Crippen molar-refractivity contribution in [3.63, 3.8) is 0 Å². The second kappa shape index (κ2) is 4.01. The SMILES string of the molecule is CC1(C)CCCC(C)(C)C1=NCCO. The van der Waals surface area contributed by atoms with E-state index in [1.807, 2.05) is 0 Å². The zero-order valence-electron chi connectivity index (χ0n) is 9.93. The van der Waals surface area contributed by atoms with E-state index in [1.54, 1.807) is 0 Å². The molecule has 0 aromatic carbocycles. The molecule has 0 unspecified atom stereocenters. The van der Waals surface area contributed by atoms with Gasteiger partial charge in [0.2, 0.25) is 0 Å². The maximum atomic E-state index is 8.83. The Bertz CT molecular complexity index is 210. The van der Waals surface area contributed by atoms with Crippen molar-refractivity contribution in [2.75, 3.05) is 13.2 Å². The van der Waals surface area contributed by atoms with Crippen LogP contribution in [-0.2, 0) is 0 Å². The van der Waals surface area contributed by atoms with Crippen molar-refractivity contribution in [2.24, 2.45) is 15.8 Å². The molecular weight excluding hydrogens is 174 g/mol. The van der Waals surface area contributed by atoms with Crippen molar-refractivity contribution >= 4 is 5.71 Å². The van der Waals surface area contributed by atoms with Crippen LogP contribution in [0.15, 0.2) is 4.99 Å². The minimum atomic E-state index is 0.162. The topological polar surface area (TPSA) is 32.6 Å². The third-order valence-electron chi connectivity index (χ3n) is 3.26. The second-order valence-electron chi connectivity index (χ2n) is 5.58. The van der Waals surface area contributed by atoms with Crippen LogP contribution in [0.1, 0.15) is 47.0 Å². The van der Waals surface area contributed by atoms with Crippen LogP contribution < -0.4 is 0 Å². The van der Waals surface area contributed by atoms with E-state index in [2.05, 4.69) is 32.7 Å². The van der Waals surface area contributed by atoms with Gasteiger partial charge in [-0.15, -0.1) is 0 Å². The summed E-state index contributed by atoms with van der Waals surface area (Å²) in [6, 6.07) is 0. The van der Waals surface area contributed by atoms with Gasteiger partial charge in [0.05, 0.1) is 13.2 Å². The minimum absolute atomic E-state index is 0.162. The van der Waals surface area contributed by atoms with Crippen LogP contribution in [0.3, 0.4) is 0 Å². The maximum absolute atomic E-state index is 8.83. The Labute approximate surface area is 87.4 Å². The van der Waals surface area contributed by atoms with Gasteiger partial charge in [-0.2, -0.15) is 0 Å². The highest BCUT2D eigenvalue weighted by Crippen LogP contribution is 2.43. The Morgan fingerprint density at radius 3 is 2.07 bits per heavy atom. The van der Waals surface area contributed by atoms with E-state index in [-0.39, 0.29) is 17.4 Å². The zero-order valence-corrected chi connectivity index (χ0v) is 9.93. The lowest BCUT2D eigenvalue weighted by atomic mass is 9.63. The summed E-state index contributed by atoms with van der Waals surface area (Å²) in [5.74, 6) is 0. The average Bonchev–Trinajstić information content (AvgIpc) is 2.01. The number of aliphatic imine (C=N–C) groups is 1. The molecule has 0 saturated heterocycles. The van der Waals surface area contributed by atoms with Gasteiger partial charge >= 0.3 is 0 Å². The van der Waals surface area contributed by atoms with Crippen LogP contribution in [0.2, 0.25) is 0 Å². The number of rotatable bonds is 2. The van der Waals surface area contributed by atoms with Crippen molar-refractivity contribution in [1.29, 1.82) is 0 Å². The lowest BCUT2D eigenvalue weighted by molar-refractivity contribution is 0.289. The fraction of sp³-hybridized carbons (Fsp3) is 0.917. The predicted octanol–water partition coefficient (Wildman–Crippen LogP) is 2.66. The summed E-state index contributed by atoms with van der Waals surface area (Å²) in [7, 11) is 0. The average molecular weight is 197 g/mol. The number of nitrogens with zero attached hydrogens (tertiary/aromatic N) is 1. The molecule has 1 aliphatic rings. The molecular formula is C12H23NO. The number of hydrogen-bond acceptors (Lipinski definition) is 2. The Balaban J connectivity index is 2.91. The van der Waals surface area contributed by atoms with Crippen LogP contribution in [0.4, 0.5) is 0 Å².